The Morgan fingerprint density at radius 3 is 2.32 bits per heavy atom. The molecular weight excluding hydrogens is 520 g/mol. The van der Waals surface area contributed by atoms with Gasteiger partial charge >= 0.3 is 0 Å². The Balaban J connectivity index is 1.45. The van der Waals surface area contributed by atoms with Crippen molar-refractivity contribution < 1.29 is 0 Å². The highest BCUT2D eigenvalue weighted by molar-refractivity contribution is 7.26. The Bertz CT molecular complexity index is 2410. The first-order valence-electron chi connectivity index (χ1n) is 13.7. The Kier molecular flexibility index (Phi) is 4.74. The molecule has 41 heavy (non-hydrogen) atoms. The van der Waals surface area contributed by atoms with E-state index < -0.39 is 0 Å². The lowest BCUT2D eigenvalue weighted by Crippen LogP contribution is -1.99. The number of rotatable bonds is 3. The van der Waals surface area contributed by atoms with Crippen LogP contribution in [0.15, 0.2) is 134 Å². The predicted molar refractivity (Wildman–Crippen MR) is 172 cm³/mol. The van der Waals surface area contributed by atoms with Gasteiger partial charge in [-0.1, -0.05) is 60.7 Å². The number of thiophene rings is 1. The summed E-state index contributed by atoms with van der Waals surface area (Å²) in [4.78, 5) is 9.58. The molecule has 9 rings (SSSR count). The Hall–Kier alpha value is -5.26. The van der Waals surface area contributed by atoms with Crippen molar-refractivity contribution in [1.29, 1.82) is 0 Å². The number of hydrogen-bond donors (Lipinski definition) is 0. The minimum atomic E-state index is 0.899. The molecule has 0 unspecified atom stereocenters. The minimum absolute atomic E-state index is 0.899. The van der Waals surface area contributed by atoms with Gasteiger partial charge in [-0.15, -0.1) is 11.3 Å². The molecule has 4 nitrogen and oxygen atoms in total. The summed E-state index contributed by atoms with van der Waals surface area (Å²) in [6, 6.07) is 40.9. The van der Waals surface area contributed by atoms with Crippen LogP contribution in [0.5, 0.6) is 0 Å². The van der Waals surface area contributed by atoms with E-state index in [1.807, 2.05) is 23.6 Å². The molecule has 5 heteroatoms. The Morgan fingerprint density at radius 1 is 0.585 bits per heavy atom. The van der Waals surface area contributed by atoms with Crippen molar-refractivity contribution in [3.63, 3.8) is 0 Å². The number of fused-ring (bicyclic) bond motifs is 9. The molecule has 0 bridgehead atoms. The van der Waals surface area contributed by atoms with Crippen LogP contribution in [-0.2, 0) is 0 Å². The fraction of sp³-hybridized carbons (Fsp3) is 0. The van der Waals surface area contributed by atoms with E-state index in [-0.39, 0.29) is 0 Å². The quantitative estimate of drug-likeness (QED) is 0.223. The zero-order valence-corrected chi connectivity index (χ0v) is 22.7. The fourth-order valence-electron chi connectivity index (χ4n) is 6.25. The number of hydrogen-bond acceptors (Lipinski definition) is 3. The van der Waals surface area contributed by atoms with Crippen molar-refractivity contribution in [2.24, 2.45) is 0 Å². The maximum atomic E-state index is 5.24. The smallest absolute Gasteiger partial charge is 0.138 e. The van der Waals surface area contributed by atoms with E-state index in [0.717, 1.165) is 22.8 Å². The van der Waals surface area contributed by atoms with Gasteiger partial charge < -0.3 is 4.57 Å². The second-order valence-corrected chi connectivity index (χ2v) is 11.4. The first kappa shape index (κ1) is 22.5. The SMILES string of the molecule is c1ccc(-n2ccc3c2ccc2c4ccc5c6ccccc6sc5c4n(-c4cccc(-c5cccnc5)n4)c23)cc1. The van der Waals surface area contributed by atoms with Crippen molar-refractivity contribution in [3.05, 3.63) is 134 Å². The summed E-state index contributed by atoms with van der Waals surface area (Å²) >= 11 is 1.86. The average molecular weight is 543 g/mol. The Labute approximate surface area is 239 Å². The fourth-order valence-corrected chi connectivity index (χ4v) is 7.49. The maximum Gasteiger partial charge on any atom is 0.138 e. The van der Waals surface area contributed by atoms with Crippen LogP contribution < -0.4 is 0 Å². The summed E-state index contributed by atoms with van der Waals surface area (Å²) in [5.41, 5.74) is 6.60. The molecule has 4 aromatic carbocycles. The van der Waals surface area contributed by atoms with E-state index in [0.29, 0.717) is 0 Å². The van der Waals surface area contributed by atoms with Gasteiger partial charge in [0.05, 0.1) is 26.9 Å². The summed E-state index contributed by atoms with van der Waals surface area (Å²) in [6.45, 7) is 0. The molecule has 0 atom stereocenters. The molecular formula is C36H22N4S. The molecule has 0 radical (unpaired) electrons. The molecule has 0 fully saturated rings. The molecule has 0 aliphatic carbocycles. The van der Waals surface area contributed by atoms with E-state index >= 15 is 0 Å². The Morgan fingerprint density at radius 2 is 1.41 bits per heavy atom. The lowest BCUT2D eigenvalue weighted by molar-refractivity contribution is 1.09. The molecule has 5 heterocycles. The average Bonchev–Trinajstić information content (AvgIpc) is 3.73. The van der Waals surface area contributed by atoms with Gasteiger partial charge in [-0.3, -0.25) is 9.55 Å². The first-order chi connectivity index (χ1) is 20.3. The third-order valence-corrected chi connectivity index (χ3v) is 9.25. The van der Waals surface area contributed by atoms with Crippen molar-refractivity contribution in [2.75, 3.05) is 0 Å². The van der Waals surface area contributed by atoms with Gasteiger partial charge in [0.1, 0.15) is 5.82 Å². The number of aromatic nitrogens is 4. The predicted octanol–water partition coefficient (Wildman–Crippen LogP) is 9.55. The van der Waals surface area contributed by atoms with E-state index in [4.69, 9.17) is 4.98 Å². The lowest BCUT2D eigenvalue weighted by Gasteiger charge is -2.11. The van der Waals surface area contributed by atoms with Crippen LogP contribution in [0.1, 0.15) is 0 Å². The van der Waals surface area contributed by atoms with Crippen LogP contribution in [0.3, 0.4) is 0 Å². The van der Waals surface area contributed by atoms with Gasteiger partial charge in [0.25, 0.3) is 0 Å². The monoisotopic (exact) mass is 542 g/mol. The highest BCUT2D eigenvalue weighted by atomic mass is 32.1. The van der Waals surface area contributed by atoms with Crippen molar-refractivity contribution >= 4 is 64.2 Å². The molecule has 5 aromatic heterocycles. The van der Waals surface area contributed by atoms with Gasteiger partial charge in [0, 0.05) is 61.5 Å². The molecule has 9 aromatic rings. The van der Waals surface area contributed by atoms with E-state index in [2.05, 4.69) is 130 Å². The molecule has 192 valence electrons. The lowest BCUT2D eigenvalue weighted by atomic mass is 10.1. The largest absolute Gasteiger partial charge is 0.316 e. The zero-order chi connectivity index (χ0) is 26.9. The highest BCUT2D eigenvalue weighted by Crippen LogP contribution is 2.44. The van der Waals surface area contributed by atoms with Crippen molar-refractivity contribution in [2.45, 2.75) is 0 Å². The first-order valence-corrected chi connectivity index (χ1v) is 14.5. The molecule has 0 saturated carbocycles. The number of nitrogens with zero attached hydrogens (tertiary/aromatic N) is 4. The molecule has 0 aliphatic heterocycles. The van der Waals surface area contributed by atoms with E-state index in [9.17, 15) is 0 Å². The van der Waals surface area contributed by atoms with E-state index in [1.165, 1.54) is 52.9 Å². The van der Waals surface area contributed by atoms with Gasteiger partial charge in [0.2, 0.25) is 0 Å². The van der Waals surface area contributed by atoms with Crippen LogP contribution in [0, 0.1) is 0 Å². The van der Waals surface area contributed by atoms with Gasteiger partial charge in [-0.2, -0.15) is 0 Å². The third-order valence-electron chi connectivity index (χ3n) is 8.06. The second-order valence-electron chi connectivity index (χ2n) is 10.3. The van der Waals surface area contributed by atoms with Crippen LogP contribution in [-0.4, -0.2) is 19.1 Å². The summed E-state index contributed by atoms with van der Waals surface area (Å²) in [5.74, 6) is 0.899. The topological polar surface area (TPSA) is 35.6 Å². The normalized spacial score (nSPS) is 11.9. The van der Waals surface area contributed by atoms with Crippen LogP contribution >= 0.6 is 11.3 Å². The van der Waals surface area contributed by atoms with Crippen LogP contribution in [0.25, 0.3) is 75.6 Å². The van der Waals surface area contributed by atoms with Crippen LogP contribution in [0.2, 0.25) is 0 Å². The summed E-state index contributed by atoms with van der Waals surface area (Å²) in [6.07, 6.45) is 5.85. The summed E-state index contributed by atoms with van der Waals surface area (Å²) < 4.78 is 7.24. The van der Waals surface area contributed by atoms with Gasteiger partial charge in [-0.05, 0) is 54.6 Å². The second kappa shape index (κ2) is 8.62. The molecule has 0 saturated heterocycles. The molecule has 0 aliphatic rings. The van der Waals surface area contributed by atoms with Crippen LogP contribution in [0.4, 0.5) is 0 Å². The van der Waals surface area contributed by atoms with Gasteiger partial charge in [-0.25, -0.2) is 4.98 Å². The van der Waals surface area contributed by atoms with E-state index in [1.54, 1.807) is 6.20 Å². The zero-order valence-electron chi connectivity index (χ0n) is 21.9. The molecule has 0 spiro atoms. The molecule has 0 amide bonds. The number of benzene rings is 4. The third kappa shape index (κ3) is 3.27. The number of para-hydroxylation sites is 1. The maximum absolute atomic E-state index is 5.24. The molecule has 0 N–H and O–H groups in total. The number of pyridine rings is 2. The van der Waals surface area contributed by atoms with Crippen molar-refractivity contribution in [1.82, 2.24) is 19.1 Å². The standard InChI is InChI=1S/C36H22N4S/c1-2-9-24(10-3-1)39-21-19-29-31(39)18-17-26-27-15-16-28-25-11-4-5-13-32(25)41-36(28)35(27)40(34(26)29)33-14-6-12-30(38-33)23-8-7-20-37-22-23/h1-22H. The summed E-state index contributed by atoms with van der Waals surface area (Å²) in [7, 11) is 0. The van der Waals surface area contributed by atoms with Gasteiger partial charge in [0.15, 0.2) is 0 Å². The summed E-state index contributed by atoms with van der Waals surface area (Å²) in [5, 5.41) is 6.24. The van der Waals surface area contributed by atoms with Crippen molar-refractivity contribution in [3.8, 4) is 22.8 Å². The minimum Gasteiger partial charge on any atom is -0.316 e. The highest BCUT2D eigenvalue weighted by Gasteiger charge is 2.21.